The monoisotopic (exact) mass is 431 g/mol. The van der Waals surface area contributed by atoms with Crippen LogP contribution in [0.5, 0.6) is 0 Å². The summed E-state index contributed by atoms with van der Waals surface area (Å²) in [4.78, 5) is 41.9. The summed E-state index contributed by atoms with van der Waals surface area (Å²) in [6, 6.07) is 6.92. The van der Waals surface area contributed by atoms with Gasteiger partial charge in [0, 0.05) is 49.2 Å². The minimum absolute atomic E-state index is 0.0112. The number of carbonyl (C=O) groups is 3. The molecule has 1 aromatic rings. The van der Waals surface area contributed by atoms with Crippen molar-refractivity contribution in [3.05, 3.63) is 34.9 Å². The van der Waals surface area contributed by atoms with Gasteiger partial charge in [0.15, 0.2) is 0 Å². The molecule has 162 valence electrons. The third-order valence-corrected chi connectivity index (χ3v) is 6.84. The predicted octanol–water partition coefficient (Wildman–Crippen LogP) is 2.96. The fraction of sp³-hybridized carbons (Fsp3) is 0.609. The van der Waals surface area contributed by atoms with E-state index < -0.39 is 0 Å². The predicted molar refractivity (Wildman–Crippen MR) is 115 cm³/mol. The zero-order valence-electron chi connectivity index (χ0n) is 17.3. The van der Waals surface area contributed by atoms with Crippen LogP contribution >= 0.6 is 11.6 Å². The zero-order valence-corrected chi connectivity index (χ0v) is 18.1. The molecule has 2 saturated heterocycles. The molecule has 7 heteroatoms. The van der Waals surface area contributed by atoms with E-state index in [4.69, 9.17) is 11.6 Å². The van der Waals surface area contributed by atoms with Crippen LogP contribution < -0.4 is 5.32 Å². The molecule has 0 spiro atoms. The van der Waals surface area contributed by atoms with Gasteiger partial charge in [0.2, 0.25) is 11.8 Å². The smallest absolute Gasteiger partial charge is 0.253 e. The number of benzene rings is 1. The van der Waals surface area contributed by atoms with Gasteiger partial charge in [0.1, 0.15) is 0 Å². The van der Waals surface area contributed by atoms with E-state index in [9.17, 15) is 14.4 Å². The molecule has 1 aliphatic carbocycles. The van der Waals surface area contributed by atoms with Gasteiger partial charge in [-0.25, -0.2) is 0 Å². The summed E-state index contributed by atoms with van der Waals surface area (Å²) in [5.41, 5.74) is 0.625. The Morgan fingerprint density at radius 2 is 1.60 bits per heavy atom. The van der Waals surface area contributed by atoms with Crippen molar-refractivity contribution in [3.63, 3.8) is 0 Å². The Morgan fingerprint density at radius 3 is 2.27 bits per heavy atom. The third-order valence-electron chi connectivity index (χ3n) is 6.59. The molecule has 30 heavy (non-hydrogen) atoms. The molecule has 1 saturated carbocycles. The number of nitrogens with one attached hydrogen (secondary N) is 1. The molecule has 3 fully saturated rings. The van der Waals surface area contributed by atoms with Crippen molar-refractivity contribution in [1.82, 2.24) is 15.1 Å². The van der Waals surface area contributed by atoms with Crippen LogP contribution in [0.3, 0.4) is 0 Å². The molecule has 4 rings (SSSR count). The van der Waals surface area contributed by atoms with E-state index in [2.05, 4.69) is 5.32 Å². The molecule has 1 N–H and O–H groups in total. The first-order chi connectivity index (χ1) is 14.5. The molecular formula is C23H30ClN3O3. The minimum Gasteiger partial charge on any atom is -0.356 e. The number of halogens is 1. The van der Waals surface area contributed by atoms with Crippen molar-refractivity contribution in [2.75, 3.05) is 32.7 Å². The number of amides is 3. The van der Waals surface area contributed by atoms with Crippen molar-refractivity contribution in [1.29, 1.82) is 0 Å². The Bertz CT molecular complexity index is 785. The molecule has 3 amide bonds. The zero-order chi connectivity index (χ0) is 21.1. The van der Waals surface area contributed by atoms with E-state index in [0.29, 0.717) is 49.0 Å². The minimum atomic E-state index is -0.0898. The lowest BCUT2D eigenvalue weighted by Gasteiger charge is -2.37. The van der Waals surface area contributed by atoms with Gasteiger partial charge in [-0.3, -0.25) is 14.4 Å². The highest BCUT2D eigenvalue weighted by molar-refractivity contribution is 6.30. The highest BCUT2D eigenvalue weighted by Crippen LogP contribution is 2.28. The van der Waals surface area contributed by atoms with Gasteiger partial charge in [-0.1, -0.05) is 11.6 Å². The van der Waals surface area contributed by atoms with Gasteiger partial charge in [-0.05, 0) is 68.7 Å². The molecule has 2 heterocycles. The number of carbonyl (C=O) groups excluding carboxylic acids is 3. The lowest BCUT2D eigenvalue weighted by atomic mass is 9.91. The number of hydrogen-bond donors (Lipinski definition) is 1. The largest absolute Gasteiger partial charge is 0.356 e. The Labute approximate surface area is 182 Å². The van der Waals surface area contributed by atoms with Crippen molar-refractivity contribution in [2.45, 2.75) is 38.5 Å². The summed E-state index contributed by atoms with van der Waals surface area (Å²) in [6.45, 7) is 3.20. The van der Waals surface area contributed by atoms with Crippen molar-refractivity contribution < 1.29 is 14.4 Å². The fourth-order valence-corrected chi connectivity index (χ4v) is 4.59. The summed E-state index contributed by atoms with van der Waals surface area (Å²) >= 11 is 5.90. The van der Waals surface area contributed by atoms with Crippen molar-refractivity contribution in [3.8, 4) is 0 Å². The second-order valence-corrected chi connectivity index (χ2v) is 9.32. The quantitative estimate of drug-likeness (QED) is 0.779. The van der Waals surface area contributed by atoms with Crippen LogP contribution in [0.1, 0.15) is 48.9 Å². The number of nitrogens with zero attached hydrogens (tertiary/aromatic N) is 2. The van der Waals surface area contributed by atoms with Crippen LogP contribution in [-0.4, -0.2) is 60.2 Å². The van der Waals surface area contributed by atoms with Crippen molar-refractivity contribution in [2.24, 2.45) is 17.8 Å². The summed E-state index contributed by atoms with van der Waals surface area (Å²) < 4.78 is 0. The van der Waals surface area contributed by atoms with Crippen LogP contribution in [0.15, 0.2) is 24.3 Å². The van der Waals surface area contributed by atoms with Crippen LogP contribution in [0, 0.1) is 17.8 Å². The first-order valence-electron chi connectivity index (χ1n) is 11.1. The Kier molecular flexibility index (Phi) is 6.61. The topological polar surface area (TPSA) is 69.7 Å². The third kappa shape index (κ3) is 5.15. The first-order valence-corrected chi connectivity index (χ1v) is 11.5. The van der Waals surface area contributed by atoms with Gasteiger partial charge >= 0.3 is 0 Å². The molecule has 1 unspecified atom stereocenters. The van der Waals surface area contributed by atoms with Crippen LogP contribution in [0.25, 0.3) is 0 Å². The summed E-state index contributed by atoms with van der Waals surface area (Å²) in [7, 11) is 0. The molecule has 0 bridgehead atoms. The Hall–Kier alpha value is -2.08. The van der Waals surface area contributed by atoms with E-state index in [1.54, 1.807) is 24.3 Å². The van der Waals surface area contributed by atoms with Crippen LogP contribution in [0.4, 0.5) is 0 Å². The normalized spacial score (nSPS) is 22.6. The Balaban J connectivity index is 1.26. The number of piperidine rings is 2. The van der Waals surface area contributed by atoms with E-state index in [-0.39, 0.29) is 29.6 Å². The van der Waals surface area contributed by atoms with Gasteiger partial charge < -0.3 is 15.1 Å². The van der Waals surface area contributed by atoms with Gasteiger partial charge in [0.25, 0.3) is 5.91 Å². The SMILES string of the molecule is O=C(NCC1CC1)C1CCCN(C(=O)C2CCN(C(=O)c3ccc(Cl)cc3)CC2)C1. The fourth-order valence-electron chi connectivity index (χ4n) is 4.47. The van der Waals surface area contributed by atoms with Gasteiger partial charge in [-0.2, -0.15) is 0 Å². The van der Waals surface area contributed by atoms with Gasteiger partial charge in [-0.15, -0.1) is 0 Å². The van der Waals surface area contributed by atoms with Gasteiger partial charge in [0.05, 0.1) is 5.92 Å². The summed E-state index contributed by atoms with van der Waals surface area (Å²) in [5, 5.41) is 3.67. The maximum absolute atomic E-state index is 13.1. The lowest BCUT2D eigenvalue weighted by molar-refractivity contribution is -0.140. The number of hydrogen-bond acceptors (Lipinski definition) is 3. The molecule has 1 atom stereocenters. The van der Waals surface area contributed by atoms with E-state index in [1.165, 1.54) is 12.8 Å². The standard InChI is InChI=1S/C23H30ClN3O3/c24-20-7-5-17(6-8-20)22(29)26-12-9-18(10-13-26)23(30)27-11-1-2-19(15-27)21(28)25-14-16-3-4-16/h5-8,16,18-19H,1-4,9-15H2,(H,25,28). The molecule has 0 aromatic heterocycles. The first kappa shape index (κ1) is 21.2. The van der Waals surface area contributed by atoms with Crippen molar-refractivity contribution >= 4 is 29.3 Å². The number of rotatable bonds is 5. The highest BCUT2D eigenvalue weighted by atomic mass is 35.5. The maximum Gasteiger partial charge on any atom is 0.253 e. The molecule has 1 aromatic carbocycles. The lowest BCUT2D eigenvalue weighted by Crippen LogP contribution is -2.49. The molecular weight excluding hydrogens is 402 g/mol. The average Bonchev–Trinajstić information content (AvgIpc) is 3.62. The summed E-state index contributed by atoms with van der Waals surface area (Å²) in [5.74, 6) is 0.746. The van der Waals surface area contributed by atoms with Crippen LogP contribution in [0.2, 0.25) is 5.02 Å². The second kappa shape index (κ2) is 9.38. The molecule has 2 aliphatic heterocycles. The maximum atomic E-state index is 13.1. The molecule has 3 aliphatic rings. The van der Waals surface area contributed by atoms with Crippen LogP contribution in [-0.2, 0) is 9.59 Å². The molecule has 6 nitrogen and oxygen atoms in total. The molecule has 0 radical (unpaired) electrons. The second-order valence-electron chi connectivity index (χ2n) is 8.89. The Morgan fingerprint density at radius 1 is 0.900 bits per heavy atom. The highest BCUT2D eigenvalue weighted by Gasteiger charge is 2.34. The van der Waals surface area contributed by atoms with E-state index >= 15 is 0 Å². The van der Waals surface area contributed by atoms with E-state index in [1.807, 2.05) is 9.80 Å². The van der Waals surface area contributed by atoms with E-state index in [0.717, 1.165) is 25.9 Å². The number of likely N-dealkylation sites (tertiary alicyclic amines) is 2. The average molecular weight is 432 g/mol. The summed E-state index contributed by atoms with van der Waals surface area (Å²) in [6.07, 6.45) is 5.51.